The summed E-state index contributed by atoms with van der Waals surface area (Å²) in [5.74, 6) is 3.40. The van der Waals surface area contributed by atoms with Crippen LogP contribution in [0.2, 0.25) is 0 Å². The quantitative estimate of drug-likeness (QED) is 0.279. The molecule has 1 saturated heterocycles. The molecule has 3 rings (SSSR count). The largest absolute Gasteiger partial charge is 0.381 e. The minimum atomic E-state index is 0.296. The minimum Gasteiger partial charge on any atom is -0.381 e. The number of unbranched alkanes of at least 4 members (excludes halogenated alkanes) is 2. The highest BCUT2D eigenvalue weighted by molar-refractivity contribution is 5.81. The van der Waals surface area contributed by atoms with E-state index in [1.54, 1.807) is 0 Å². The first-order chi connectivity index (χ1) is 16.1. The summed E-state index contributed by atoms with van der Waals surface area (Å²) in [6, 6.07) is 9.20. The van der Waals surface area contributed by atoms with Crippen molar-refractivity contribution < 1.29 is 9.53 Å². The van der Waals surface area contributed by atoms with Gasteiger partial charge in [-0.15, -0.1) is 0 Å². The topological polar surface area (TPSA) is 26.3 Å². The van der Waals surface area contributed by atoms with Gasteiger partial charge in [-0.2, -0.15) is 0 Å². The highest BCUT2D eigenvalue weighted by Gasteiger charge is 2.33. The van der Waals surface area contributed by atoms with Gasteiger partial charge in [0.05, 0.1) is 0 Å². The summed E-state index contributed by atoms with van der Waals surface area (Å²) < 4.78 is 5.73. The lowest BCUT2D eigenvalue weighted by Gasteiger charge is -2.35. The Morgan fingerprint density at radius 3 is 2.67 bits per heavy atom. The normalized spacial score (nSPS) is 25.5. The van der Waals surface area contributed by atoms with Gasteiger partial charge in [-0.25, -0.2) is 0 Å². The van der Waals surface area contributed by atoms with E-state index in [4.69, 9.17) is 4.74 Å². The van der Waals surface area contributed by atoms with Gasteiger partial charge in [0.15, 0.2) is 0 Å². The van der Waals surface area contributed by atoms with Gasteiger partial charge in [0.2, 0.25) is 0 Å². The highest BCUT2D eigenvalue weighted by Crippen LogP contribution is 2.42. The smallest absolute Gasteiger partial charge is 0.136 e. The molecule has 1 aliphatic heterocycles. The zero-order valence-electron chi connectivity index (χ0n) is 21.8. The van der Waals surface area contributed by atoms with Crippen molar-refractivity contribution in [3.63, 3.8) is 0 Å². The van der Waals surface area contributed by atoms with Gasteiger partial charge >= 0.3 is 0 Å². The molecule has 0 N–H and O–H groups in total. The number of benzene rings is 1. The van der Waals surface area contributed by atoms with Crippen LogP contribution in [0.25, 0.3) is 0 Å². The molecular weight excluding hydrogens is 404 g/mol. The molecule has 2 heteroatoms. The van der Waals surface area contributed by atoms with Crippen LogP contribution in [0, 0.1) is 30.6 Å². The summed E-state index contributed by atoms with van der Waals surface area (Å²) in [4.78, 5) is 13.5. The summed E-state index contributed by atoms with van der Waals surface area (Å²) >= 11 is 0. The number of hydrogen-bond donors (Lipinski definition) is 0. The third-order valence-corrected chi connectivity index (χ3v) is 8.44. The lowest BCUT2D eigenvalue weighted by atomic mass is 9.69. The van der Waals surface area contributed by atoms with Crippen LogP contribution >= 0.6 is 0 Å². The molecule has 33 heavy (non-hydrogen) atoms. The number of hydrogen-bond acceptors (Lipinski definition) is 2. The Hall–Kier alpha value is -1.15. The standard InChI is InChI=1S/C31H50O2/c1-4-6-7-17-30(27-14-8-12-24(3)19-27)28-15-9-16-29(22-28)31(32)21-25(11-5-2)20-26-13-10-18-33-23-26/h8,12,14,19,25-26,28-30H,4-7,9-11,13,15-18,20-23H2,1-3H3. The first-order valence-electron chi connectivity index (χ1n) is 14.3. The van der Waals surface area contributed by atoms with Gasteiger partial charge in [0, 0.05) is 25.6 Å². The van der Waals surface area contributed by atoms with Crippen LogP contribution in [-0.2, 0) is 9.53 Å². The van der Waals surface area contributed by atoms with Gasteiger partial charge in [0.1, 0.15) is 5.78 Å². The maximum atomic E-state index is 13.5. The molecule has 5 unspecified atom stereocenters. The van der Waals surface area contributed by atoms with E-state index in [2.05, 4.69) is 45.0 Å². The average Bonchev–Trinajstić information content (AvgIpc) is 2.83. The maximum absolute atomic E-state index is 13.5. The Morgan fingerprint density at radius 1 is 1.06 bits per heavy atom. The van der Waals surface area contributed by atoms with E-state index in [9.17, 15) is 4.79 Å². The molecule has 2 fully saturated rings. The second kappa shape index (κ2) is 14.3. The van der Waals surface area contributed by atoms with E-state index in [-0.39, 0.29) is 0 Å². The molecule has 1 aromatic rings. The zero-order chi connectivity index (χ0) is 23.5. The Balaban J connectivity index is 1.62. The fourth-order valence-corrected chi connectivity index (χ4v) is 6.70. The SMILES string of the molecule is CCCCCC(c1cccc(C)c1)C1CCCC(C(=O)CC(CCC)CC2CCCOC2)C1. The van der Waals surface area contributed by atoms with Crippen molar-refractivity contribution in [1.82, 2.24) is 0 Å². The molecule has 5 atom stereocenters. The van der Waals surface area contributed by atoms with E-state index < -0.39 is 0 Å². The fourth-order valence-electron chi connectivity index (χ4n) is 6.70. The predicted molar refractivity (Wildman–Crippen MR) is 140 cm³/mol. The molecule has 1 saturated carbocycles. The van der Waals surface area contributed by atoms with E-state index >= 15 is 0 Å². The summed E-state index contributed by atoms with van der Waals surface area (Å²) in [6.45, 7) is 8.62. The monoisotopic (exact) mass is 454 g/mol. The molecule has 0 radical (unpaired) electrons. The molecule has 0 spiro atoms. The lowest BCUT2D eigenvalue weighted by molar-refractivity contribution is -0.125. The number of rotatable bonds is 13. The highest BCUT2D eigenvalue weighted by atomic mass is 16.5. The molecule has 186 valence electrons. The van der Waals surface area contributed by atoms with Crippen LogP contribution in [0.4, 0.5) is 0 Å². The van der Waals surface area contributed by atoms with Gasteiger partial charge in [0.25, 0.3) is 0 Å². The van der Waals surface area contributed by atoms with Crippen LogP contribution in [-0.4, -0.2) is 19.0 Å². The Labute approximate surface area is 204 Å². The van der Waals surface area contributed by atoms with Crippen LogP contribution in [0.5, 0.6) is 0 Å². The number of ketones is 1. The van der Waals surface area contributed by atoms with Crippen LogP contribution < -0.4 is 0 Å². The third kappa shape index (κ3) is 8.53. The van der Waals surface area contributed by atoms with Gasteiger partial charge < -0.3 is 4.74 Å². The van der Waals surface area contributed by atoms with Crippen molar-refractivity contribution in [2.75, 3.05) is 13.2 Å². The zero-order valence-corrected chi connectivity index (χ0v) is 21.8. The van der Waals surface area contributed by atoms with Crippen molar-refractivity contribution in [2.24, 2.45) is 23.7 Å². The summed E-state index contributed by atoms with van der Waals surface area (Å²) in [5, 5.41) is 0. The van der Waals surface area contributed by atoms with Crippen molar-refractivity contribution >= 4 is 5.78 Å². The Kier molecular flexibility index (Phi) is 11.5. The second-order valence-corrected chi connectivity index (χ2v) is 11.3. The summed E-state index contributed by atoms with van der Waals surface area (Å²) in [7, 11) is 0. The van der Waals surface area contributed by atoms with E-state index in [0.29, 0.717) is 35.4 Å². The molecule has 1 heterocycles. The first kappa shape index (κ1) is 26.5. The van der Waals surface area contributed by atoms with Gasteiger partial charge in [-0.3, -0.25) is 4.79 Å². The van der Waals surface area contributed by atoms with E-state index in [0.717, 1.165) is 32.5 Å². The summed E-state index contributed by atoms with van der Waals surface area (Å²) in [6.07, 6.45) is 16.8. The van der Waals surface area contributed by atoms with Crippen molar-refractivity contribution in [1.29, 1.82) is 0 Å². The maximum Gasteiger partial charge on any atom is 0.136 e. The van der Waals surface area contributed by atoms with E-state index in [1.165, 1.54) is 81.8 Å². The van der Waals surface area contributed by atoms with Crippen LogP contribution in [0.1, 0.15) is 121 Å². The molecule has 0 amide bonds. The number of carbonyl (C=O) groups is 1. The number of aryl methyl sites for hydroxylation is 1. The van der Waals surface area contributed by atoms with Crippen molar-refractivity contribution in [2.45, 2.75) is 117 Å². The lowest BCUT2D eigenvalue weighted by Crippen LogP contribution is -2.29. The van der Waals surface area contributed by atoms with Crippen molar-refractivity contribution in [3.05, 3.63) is 35.4 Å². The number of ether oxygens (including phenoxy) is 1. The number of Topliss-reactive ketones (excluding diaryl/α,β-unsaturated/α-hetero) is 1. The Bertz CT molecular complexity index is 690. The van der Waals surface area contributed by atoms with Gasteiger partial charge in [-0.1, -0.05) is 82.2 Å². The van der Waals surface area contributed by atoms with Crippen LogP contribution in [0.15, 0.2) is 24.3 Å². The fraction of sp³-hybridized carbons (Fsp3) is 0.774. The average molecular weight is 455 g/mol. The van der Waals surface area contributed by atoms with Gasteiger partial charge in [-0.05, 0) is 81.1 Å². The third-order valence-electron chi connectivity index (χ3n) is 8.44. The first-order valence-corrected chi connectivity index (χ1v) is 14.3. The molecule has 0 bridgehead atoms. The Morgan fingerprint density at radius 2 is 1.94 bits per heavy atom. The molecular formula is C31H50O2. The van der Waals surface area contributed by atoms with Crippen molar-refractivity contribution in [3.8, 4) is 0 Å². The molecule has 2 aliphatic rings. The molecule has 1 aromatic carbocycles. The molecule has 1 aliphatic carbocycles. The predicted octanol–water partition coefficient (Wildman–Crippen LogP) is 8.66. The second-order valence-electron chi connectivity index (χ2n) is 11.3. The molecule has 0 aromatic heterocycles. The minimum absolute atomic E-state index is 0.296. The summed E-state index contributed by atoms with van der Waals surface area (Å²) in [5.41, 5.74) is 2.89. The van der Waals surface area contributed by atoms with E-state index in [1.807, 2.05) is 0 Å². The van der Waals surface area contributed by atoms with Crippen LogP contribution in [0.3, 0.4) is 0 Å². The molecule has 2 nitrogen and oxygen atoms in total. The number of carbonyl (C=O) groups excluding carboxylic acids is 1.